The number of benzene rings is 1. The highest BCUT2D eigenvalue weighted by atomic mass is 16.2. The highest BCUT2D eigenvalue weighted by Crippen LogP contribution is 2.34. The number of carbonyl (C=O) groups is 1. The van der Waals surface area contributed by atoms with Crippen molar-refractivity contribution in [3.05, 3.63) is 35.9 Å². The van der Waals surface area contributed by atoms with Gasteiger partial charge in [-0.2, -0.15) is 0 Å². The molecule has 4 nitrogen and oxygen atoms in total. The maximum absolute atomic E-state index is 11.7. The summed E-state index contributed by atoms with van der Waals surface area (Å²) < 4.78 is 0. The van der Waals surface area contributed by atoms with E-state index < -0.39 is 0 Å². The van der Waals surface area contributed by atoms with Gasteiger partial charge in [-0.15, -0.1) is 0 Å². The van der Waals surface area contributed by atoms with Crippen molar-refractivity contribution in [2.75, 3.05) is 39.8 Å². The van der Waals surface area contributed by atoms with E-state index in [1.807, 2.05) is 11.8 Å². The van der Waals surface area contributed by atoms with Crippen LogP contribution < -0.4 is 5.32 Å². The smallest absolute Gasteiger partial charge is 0.317 e. The van der Waals surface area contributed by atoms with E-state index in [2.05, 4.69) is 47.5 Å². The Bertz CT molecular complexity index is 495. The normalized spacial score (nSPS) is 17.5. The zero-order chi connectivity index (χ0) is 17.4. The fourth-order valence-corrected chi connectivity index (χ4v) is 3.63. The van der Waals surface area contributed by atoms with Crippen LogP contribution in [0.15, 0.2) is 30.3 Å². The Morgan fingerprint density at radius 3 is 2.50 bits per heavy atom. The van der Waals surface area contributed by atoms with Gasteiger partial charge in [0.1, 0.15) is 0 Å². The molecule has 0 saturated carbocycles. The minimum absolute atomic E-state index is 0.0339. The Balaban J connectivity index is 1.71. The Labute approximate surface area is 147 Å². The van der Waals surface area contributed by atoms with Crippen molar-refractivity contribution in [3.8, 4) is 0 Å². The minimum atomic E-state index is 0.0339. The first-order valence-electron chi connectivity index (χ1n) is 9.29. The molecule has 1 heterocycles. The van der Waals surface area contributed by atoms with Crippen molar-refractivity contribution in [2.24, 2.45) is 5.41 Å². The molecule has 0 unspecified atom stereocenters. The third-order valence-electron chi connectivity index (χ3n) is 5.32. The van der Waals surface area contributed by atoms with Crippen LogP contribution in [0.3, 0.4) is 0 Å². The monoisotopic (exact) mass is 331 g/mol. The highest BCUT2D eigenvalue weighted by Gasteiger charge is 2.29. The van der Waals surface area contributed by atoms with Crippen molar-refractivity contribution in [1.82, 2.24) is 15.1 Å². The number of carbonyl (C=O) groups excluding carboxylic acids is 1. The molecule has 0 aliphatic carbocycles. The van der Waals surface area contributed by atoms with E-state index in [4.69, 9.17) is 0 Å². The van der Waals surface area contributed by atoms with Gasteiger partial charge in [-0.3, -0.25) is 0 Å². The van der Waals surface area contributed by atoms with Crippen molar-refractivity contribution in [1.29, 1.82) is 0 Å². The Morgan fingerprint density at radius 2 is 1.92 bits per heavy atom. The van der Waals surface area contributed by atoms with Gasteiger partial charge in [0.2, 0.25) is 0 Å². The van der Waals surface area contributed by atoms with E-state index in [-0.39, 0.29) is 6.03 Å². The van der Waals surface area contributed by atoms with E-state index in [0.29, 0.717) is 5.41 Å². The summed E-state index contributed by atoms with van der Waals surface area (Å²) >= 11 is 0. The second-order valence-electron chi connectivity index (χ2n) is 7.30. The molecule has 1 aromatic carbocycles. The summed E-state index contributed by atoms with van der Waals surface area (Å²) in [5, 5.41) is 2.71. The first kappa shape index (κ1) is 18.8. The third kappa shape index (κ3) is 5.52. The summed E-state index contributed by atoms with van der Waals surface area (Å²) in [5.74, 6) is 0. The Kier molecular flexibility index (Phi) is 7.10. The molecule has 2 amide bonds. The van der Waals surface area contributed by atoms with Gasteiger partial charge in [0, 0.05) is 20.1 Å². The Hall–Kier alpha value is -1.55. The number of nitrogens with one attached hydrogen (secondary N) is 1. The number of nitrogens with zero attached hydrogens (tertiary/aromatic N) is 2. The summed E-state index contributed by atoms with van der Waals surface area (Å²) in [7, 11) is 1.70. The molecule has 0 spiro atoms. The SMILES string of the molecule is CCN(CCCN1CCC(C)(Cc2ccccc2)CC1)C(=O)NC. The number of hydrogen-bond acceptors (Lipinski definition) is 2. The number of rotatable bonds is 7. The molecule has 0 atom stereocenters. The van der Waals surface area contributed by atoms with E-state index >= 15 is 0 Å². The molecule has 1 aliphatic heterocycles. The van der Waals surface area contributed by atoms with E-state index in [1.165, 1.54) is 37.9 Å². The molecule has 0 aromatic heterocycles. The van der Waals surface area contributed by atoms with Crippen molar-refractivity contribution < 1.29 is 4.79 Å². The lowest BCUT2D eigenvalue weighted by atomic mass is 9.75. The maximum Gasteiger partial charge on any atom is 0.317 e. The van der Waals surface area contributed by atoms with Gasteiger partial charge >= 0.3 is 6.03 Å². The van der Waals surface area contributed by atoms with Crippen molar-refractivity contribution in [2.45, 2.75) is 39.5 Å². The van der Waals surface area contributed by atoms with Crippen LogP contribution in [-0.2, 0) is 6.42 Å². The van der Waals surface area contributed by atoms with Crippen LogP contribution in [0, 0.1) is 5.41 Å². The zero-order valence-corrected chi connectivity index (χ0v) is 15.6. The molecular formula is C20H33N3O. The standard InChI is InChI=1S/C20H33N3O/c1-4-23(19(24)21-3)14-8-13-22-15-11-20(2,12-16-22)17-18-9-6-5-7-10-18/h5-7,9-10H,4,8,11-17H2,1-3H3,(H,21,24). The van der Waals surface area contributed by atoms with E-state index in [0.717, 1.165) is 26.1 Å². The number of urea groups is 1. The van der Waals surface area contributed by atoms with E-state index in [9.17, 15) is 4.79 Å². The highest BCUT2D eigenvalue weighted by molar-refractivity contribution is 5.73. The molecule has 1 N–H and O–H groups in total. The van der Waals surface area contributed by atoms with Crippen LogP contribution >= 0.6 is 0 Å². The molecule has 1 fully saturated rings. The summed E-state index contributed by atoms with van der Waals surface area (Å²) in [6.45, 7) is 9.52. The maximum atomic E-state index is 11.7. The van der Waals surface area contributed by atoms with Gasteiger partial charge in [-0.25, -0.2) is 4.79 Å². The van der Waals surface area contributed by atoms with Crippen LogP contribution in [0.1, 0.15) is 38.7 Å². The lowest BCUT2D eigenvalue weighted by molar-refractivity contribution is 0.114. The molecule has 134 valence electrons. The first-order chi connectivity index (χ1) is 11.6. The van der Waals surface area contributed by atoms with E-state index in [1.54, 1.807) is 7.05 Å². The molecule has 0 bridgehead atoms. The molecule has 1 aromatic rings. The predicted octanol–water partition coefficient (Wildman–Crippen LogP) is 3.38. The minimum Gasteiger partial charge on any atom is -0.341 e. The van der Waals surface area contributed by atoms with Crippen LogP contribution in [0.25, 0.3) is 0 Å². The lowest BCUT2D eigenvalue weighted by Gasteiger charge is -2.40. The number of hydrogen-bond donors (Lipinski definition) is 1. The van der Waals surface area contributed by atoms with Gasteiger partial charge in [-0.1, -0.05) is 37.3 Å². The van der Waals surface area contributed by atoms with Crippen molar-refractivity contribution >= 4 is 6.03 Å². The average Bonchev–Trinajstić information content (AvgIpc) is 2.60. The third-order valence-corrected chi connectivity index (χ3v) is 5.32. The lowest BCUT2D eigenvalue weighted by Crippen LogP contribution is -2.42. The Morgan fingerprint density at radius 1 is 1.25 bits per heavy atom. The summed E-state index contributed by atoms with van der Waals surface area (Å²) in [5.41, 5.74) is 1.88. The predicted molar refractivity (Wildman–Crippen MR) is 100 cm³/mol. The molecule has 24 heavy (non-hydrogen) atoms. The van der Waals surface area contributed by atoms with Gasteiger partial charge in [0.05, 0.1) is 0 Å². The molecular weight excluding hydrogens is 298 g/mol. The van der Waals surface area contributed by atoms with Crippen LogP contribution in [0.4, 0.5) is 4.79 Å². The number of piperidine rings is 1. The quantitative estimate of drug-likeness (QED) is 0.831. The van der Waals surface area contributed by atoms with Crippen LogP contribution in [-0.4, -0.2) is 55.6 Å². The summed E-state index contributed by atoms with van der Waals surface area (Å²) in [4.78, 5) is 16.1. The molecule has 2 rings (SSSR count). The van der Waals surface area contributed by atoms with Crippen LogP contribution in [0.5, 0.6) is 0 Å². The fraction of sp³-hybridized carbons (Fsp3) is 0.650. The van der Waals surface area contributed by atoms with Crippen LogP contribution in [0.2, 0.25) is 0 Å². The molecule has 1 saturated heterocycles. The number of amides is 2. The molecule has 4 heteroatoms. The zero-order valence-electron chi connectivity index (χ0n) is 15.6. The molecule has 0 radical (unpaired) electrons. The van der Waals surface area contributed by atoms with Gasteiger partial charge < -0.3 is 15.1 Å². The van der Waals surface area contributed by atoms with Gasteiger partial charge in [-0.05, 0) is 63.2 Å². The topological polar surface area (TPSA) is 35.6 Å². The number of likely N-dealkylation sites (tertiary alicyclic amines) is 1. The summed E-state index contributed by atoms with van der Waals surface area (Å²) in [6, 6.07) is 10.9. The average molecular weight is 332 g/mol. The largest absolute Gasteiger partial charge is 0.341 e. The summed E-state index contributed by atoms with van der Waals surface area (Å²) in [6.07, 6.45) is 4.75. The molecule has 1 aliphatic rings. The van der Waals surface area contributed by atoms with Gasteiger partial charge in [0.25, 0.3) is 0 Å². The van der Waals surface area contributed by atoms with Gasteiger partial charge in [0.15, 0.2) is 0 Å². The van der Waals surface area contributed by atoms with Crippen molar-refractivity contribution in [3.63, 3.8) is 0 Å². The first-order valence-corrected chi connectivity index (χ1v) is 9.29. The second kappa shape index (κ2) is 9.07. The second-order valence-corrected chi connectivity index (χ2v) is 7.30. The fourth-order valence-electron chi connectivity index (χ4n) is 3.63.